The van der Waals surface area contributed by atoms with Crippen molar-refractivity contribution >= 4 is 17.3 Å². The minimum Gasteiger partial charge on any atom is -0.507 e. The van der Waals surface area contributed by atoms with Crippen LogP contribution in [0, 0.1) is 17.8 Å². The number of fused-ring (bicyclic) bond motifs is 4. The topological polar surface area (TPSA) is 139 Å². The first-order valence-corrected chi connectivity index (χ1v) is 13.1. The van der Waals surface area contributed by atoms with Crippen molar-refractivity contribution in [2.45, 2.75) is 37.5 Å². The number of aromatic nitrogens is 1. The summed E-state index contributed by atoms with van der Waals surface area (Å²) >= 11 is 0. The van der Waals surface area contributed by atoms with Crippen molar-refractivity contribution < 1.29 is 51.8 Å². The molecule has 0 spiro atoms. The summed E-state index contributed by atoms with van der Waals surface area (Å²) in [4.78, 5) is 43.3. The van der Waals surface area contributed by atoms with Crippen LogP contribution in [0.1, 0.15) is 50.1 Å². The Morgan fingerprint density at radius 2 is 1.81 bits per heavy atom. The van der Waals surface area contributed by atoms with E-state index in [0.717, 1.165) is 17.7 Å². The lowest BCUT2D eigenvalue weighted by Gasteiger charge is -2.51. The third-order valence-electron chi connectivity index (χ3n) is 8.38. The van der Waals surface area contributed by atoms with E-state index in [2.05, 4.69) is 9.89 Å². The smallest absolute Gasteiger partial charge is 0.507 e. The molecule has 0 aliphatic heterocycles. The minimum absolute atomic E-state index is 0.0110. The summed E-state index contributed by atoms with van der Waals surface area (Å²) in [5.41, 5.74) is -2.85. The molecule has 0 saturated heterocycles. The molecule has 13 heteroatoms. The normalized spacial score (nSPS) is 26.8. The van der Waals surface area contributed by atoms with E-state index in [1.807, 2.05) is 6.07 Å². The summed E-state index contributed by atoms with van der Waals surface area (Å²) in [6.45, 7) is 0.0110. The summed E-state index contributed by atoms with van der Waals surface area (Å²) < 4.78 is 54.8. The molecule has 2 N–H and O–H groups in total. The summed E-state index contributed by atoms with van der Waals surface area (Å²) in [7, 11) is 3.28. The average Bonchev–Trinajstić information content (AvgIpc) is 3.34. The lowest BCUT2D eigenvalue weighted by molar-refractivity contribution is -0.275. The van der Waals surface area contributed by atoms with Crippen LogP contribution in [-0.4, -0.2) is 63.7 Å². The van der Waals surface area contributed by atoms with Gasteiger partial charge in [-0.3, -0.25) is 19.3 Å². The first-order valence-electron chi connectivity index (χ1n) is 13.1. The molecular weight excluding hydrogens is 561 g/mol. The van der Waals surface area contributed by atoms with Crippen molar-refractivity contribution in [3.63, 3.8) is 0 Å². The van der Waals surface area contributed by atoms with Crippen molar-refractivity contribution in [3.05, 3.63) is 70.5 Å². The Bertz CT molecular complexity index is 1600. The number of nitrogens with zero attached hydrogens (tertiary/aromatic N) is 2. The molecule has 6 rings (SSSR count). The second kappa shape index (κ2) is 9.66. The molecule has 0 amide bonds. The molecule has 1 unspecified atom stereocenters. The number of alkyl halides is 3. The lowest BCUT2D eigenvalue weighted by atomic mass is 9.54. The number of hydrogen-bond donors (Lipinski definition) is 2. The minimum atomic E-state index is -5.07. The Kier molecular flexibility index (Phi) is 6.42. The second-order valence-corrected chi connectivity index (χ2v) is 11.0. The van der Waals surface area contributed by atoms with Gasteiger partial charge in [0.1, 0.15) is 23.7 Å². The van der Waals surface area contributed by atoms with Crippen LogP contribution < -0.4 is 9.47 Å². The van der Waals surface area contributed by atoms with E-state index >= 15 is 0 Å². The predicted octanol–water partition coefficient (Wildman–Crippen LogP) is 3.65. The number of aliphatic hydroxyl groups is 1. The Morgan fingerprint density at radius 3 is 2.48 bits per heavy atom. The zero-order chi connectivity index (χ0) is 30.1. The number of carbonyl (C=O) groups excluding carboxylic acids is 3. The van der Waals surface area contributed by atoms with Crippen LogP contribution >= 0.6 is 0 Å². The molecule has 0 radical (unpaired) electrons. The fourth-order valence-electron chi connectivity index (χ4n) is 6.66. The second-order valence-electron chi connectivity index (χ2n) is 11.0. The molecule has 1 saturated carbocycles. The van der Waals surface area contributed by atoms with Crippen LogP contribution in [0.15, 0.2) is 47.0 Å². The molecular formula is C29H25F3N2O8. The van der Waals surface area contributed by atoms with E-state index in [4.69, 9.17) is 9.26 Å². The van der Waals surface area contributed by atoms with Crippen LogP contribution in [0.25, 0.3) is 0 Å². The SMILES string of the molecule is CN(C)[C@@H]1c2onc(OCc3ccccc3)c2C(=O)[C@@]2(O)C(=O)C3C(=O)c4c(O)ccc(OC(F)(F)F)c4C[C@H]3C[C@@H]12. The predicted molar refractivity (Wildman–Crippen MR) is 136 cm³/mol. The summed E-state index contributed by atoms with van der Waals surface area (Å²) in [5, 5.41) is 26.3. The van der Waals surface area contributed by atoms with E-state index in [1.54, 1.807) is 43.3 Å². The van der Waals surface area contributed by atoms with Crippen molar-refractivity contribution in [1.82, 2.24) is 10.1 Å². The van der Waals surface area contributed by atoms with Crippen LogP contribution in [0.2, 0.25) is 0 Å². The first-order chi connectivity index (χ1) is 19.8. The monoisotopic (exact) mass is 586 g/mol. The van der Waals surface area contributed by atoms with Gasteiger partial charge in [0, 0.05) is 11.5 Å². The van der Waals surface area contributed by atoms with Gasteiger partial charge in [0.25, 0.3) is 5.88 Å². The van der Waals surface area contributed by atoms with Crippen molar-refractivity contribution in [2.75, 3.05) is 14.1 Å². The number of halogens is 3. The highest BCUT2D eigenvalue weighted by Crippen LogP contribution is 2.56. The van der Waals surface area contributed by atoms with Crippen LogP contribution in [-0.2, 0) is 17.8 Å². The quantitative estimate of drug-likeness (QED) is 0.426. The Hall–Kier alpha value is -4.23. The van der Waals surface area contributed by atoms with Gasteiger partial charge in [-0.25, -0.2) is 0 Å². The van der Waals surface area contributed by atoms with Gasteiger partial charge in [0.15, 0.2) is 22.9 Å². The number of carbonyl (C=O) groups is 3. The van der Waals surface area contributed by atoms with Gasteiger partial charge < -0.3 is 24.2 Å². The molecule has 3 aliphatic carbocycles. The maximum Gasteiger partial charge on any atom is 0.573 e. The molecule has 1 fully saturated rings. The highest BCUT2D eigenvalue weighted by atomic mass is 19.4. The number of hydrogen-bond acceptors (Lipinski definition) is 10. The number of ketones is 3. The lowest BCUT2D eigenvalue weighted by Crippen LogP contribution is -2.66. The highest BCUT2D eigenvalue weighted by molar-refractivity contribution is 6.26. The van der Waals surface area contributed by atoms with Gasteiger partial charge >= 0.3 is 6.36 Å². The van der Waals surface area contributed by atoms with Crippen LogP contribution in [0.3, 0.4) is 0 Å². The molecule has 1 heterocycles. The number of benzene rings is 2. The first kappa shape index (κ1) is 27.9. The zero-order valence-corrected chi connectivity index (χ0v) is 22.3. The molecule has 220 valence electrons. The Balaban J connectivity index is 1.41. The molecule has 2 aromatic carbocycles. The van der Waals surface area contributed by atoms with Gasteiger partial charge in [0.05, 0.1) is 17.5 Å². The average molecular weight is 587 g/mol. The van der Waals surface area contributed by atoms with Gasteiger partial charge in [-0.15, -0.1) is 13.2 Å². The number of phenols is 1. The van der Waals surface area contributed by atoms with Gasteiger partial charge in [0.2, 0.25) is 5.78 Å². The standard InChI is InChI=1S/C29H25F3N2O8/c1-34(2)22-16-11-14-10-15-18(41-29(30,31)32)9-8-17(35)20(15)23(36)19(14)25(37)28(16,39)26(38)21-24(22)42-33-27(21)40-12-13-6-4-3-5-7-13/h3-9,14,16,19,22,35,39H,10-12H2,1-2H3/t14-,16-,19?,22-,28-/m0/s1. The third-order valence-corrected chi connectivity index (χ3v) is 8.38. The summed E-state index contributed by atoms with van der Waals surface area (Å²) in [5.74, 6) is -8.20. The number of phenolic OH excluding ortho intramolecular Hbond substituents is 1. The maximum absolute atomic E-state index is 14.1. The zero-order valence-electron chi connectivity index (χ0n) is 22.3. The molecule has 3 aliphatic rings. The molecule has 10 nitrogen and oxygen atoms in total. The number of rotatable bonds is 5. The number of aromatic hydroxyl groups is 1. The maximum atomic E-state index is 14.1. The fourth-order valence-corrected chi connectivity index (χ4v) is 6.66. The van der Waals surface area contributed by atoms with Gasteiger partial charge in [-0.2, -0.15) is 0 Å². The van der Waals surface area contributed by atoms with Gasteiger partial charge in [-0.1, -0.05) is 30.3 Å². The molecule has 3 aromatic rings. The molecule has 0 bridgehead atoms. The largest absolute Gasteiger partial charge is 0.573 e. The number of Topliss-reactive ketones (excluding diaryl/α,β-unsaturated/α-hetero) is 3. The van der Waals surface area contributed by atoms with Crippen molar-refractivity contribution in [3.8, 4) is 17.4 Å². The van der Waals surface area contributed by atoms with Crippen molar-refractivity contribution in [1.29, 1.82) is 0 Å². The van der Waals surface area contributed by atoms with Crippen molar-refractivity contribution in [2.24, 2.45) is 17.8 Å². The van der Waals surface area contributed by atoms with E-state index < -0.39 is 70.2 Å². The van der Waals surface area contributed by atoms with E-state index in [0.29, 0.717) is 0 Å². The molecule has 42 heavy (non-hydrogen) atoms. The Labute approximate surface area is 236 Å². The van der Waals surface area contributed by atoms with Crippen LogP contribution in [0.4, 0.5) is 13.2 Å². The van der Waals surface area contributed by atoms with Crippen LogP contribution in [0.5, 0.6) is 17.4 Å². The summed E-state index contributed by atoms with van der Waals surface area (Å²) in [6, 6.07) is 9.89. The van der Waals surface area contributed by atoms with E-state index in [9.17, 15) is 37.8 Å². The van der Waals surface area contributed by atoms with E-state index in [1.165, 1.54) is 0 Å². The van der Waals surface area contributed by atoms with Gasteiger partial charge in [-0.05, 0) is 55.7 Å². The highest BCUT2D eigenvalue weighted by Gasteiger charge is 2.67. The third kappa shape index (κ3) is 4.18. The summed E-state index contributed by atoms with van der Waals surface area (Å²) in [6.07, 6.45) is -5.41. The number of ether oxygens (including phenoxy) is 2. The molecule has 5 atom stereocenters. The Morgan fingerprint density at radius 1 is 1.10 bits per heavy atom. The fraction of sp³-hybridized carbons (Fsp3) is 0.379. The van der Waals surface area contributed by atoms with E-state index in [-0.39, 0.29) is 42.2 Å². The molecule has 1 aromatic heterocycles.